The van der Waals surface area contributed by atoms with Gasteiger partial charge in [-0.25, -0.2) is 9.59 Å². The number of rotatable bonds is 4. The molecule has 2 N–H and O–H groups in total. The summed E-state index contributed by atoms with van der Waals surface area (Å²) in [6.45, 7) is 6.53. The number of fused-ring (bicyclic) bond motifs is 1. The number of hydrogen-bond acceptors (Lipinski definition) is 6. The fourth-order valence-corrected chi connectivity index (χ4v) is 4.74. The van der Waals surface area contributed by atoms with Gasteiger partial charge in [-0.15, -0.1) is 0 Å². The highest BCUT2D eigenvalue weighted by molar-refractivity contribution is 5.78. The van der Waals surface area contributed by atoms with Gasteiger partial charge in [0.05, 0.1) is 17.8 Å². The summed E-state index contributed by atoms with van der Waals surface area (Å²) in [5.74, 6) is -4.86. The standard InChI is InChI=1S/C20H27N3O.2C2HF3O2/c1-22-11-17(13-24-2)20(14-22)9-10-23(15-20)12-18-8-7-16-5-3-4-6-19(16)21-18;2*3-2(4,5)1(6)7/h3-8,17H,9-15H2,1-2H3;2*(H,6,7)/t17-,20-;;/m1../s1. The van der Waals surface area contributed by atoms with Crippen molar-refractivity contribution >= 4 is 22.8 Å². The highest BCUT2D eigenvalue weighted by Crippen LogP contribution is 2.43. The van der Waals surface area contributed by atoms with Crippen molar-refractivity contribution in [1.82, 2.24) is 14.8 Å². The molecule has 212 valence electrons. The van der Waals surface area contributed by atoms with Crippen molar-refractivity contribution in [2.24, 2.45) is 11.3 Å². The Balaban J connectivity index is 0.000000301. The van der Waals surface area contributed by atoms with Gasteiger partial charge in [0, 0.05) is 50.0 Å². The first-order valence-electron chi connectivity index (χ1n) is 11.4. The van der Waals surface area contributed by atoms with Crippen LogP contribution in [0.4, 0.5) is 26.3 Å². The van der Waals surface area contributed by atoms with Gasteiger partial charge in [0.1, 0.15) is 0 Å². The van der Waals surface area contributed by atoms with Crippen molar-refractivity contribution in [2.75, 3.05) is 46.9 Å². The van der Waals surface area contributed by atoms with Gasteiger partial charge in [0.2, 0.25) is 0 Å². The number of benzene rings is 1. The Hall–Kier alpha value is -2.97. The third-order valence-corrected chi connectivity index (χ3v) is 6.34. The molecule has 0 radical (unpaired) electrons. The van der Waals surface area contributed by atoms with E-state index in [0.717, 1.165) is 25.2 Å². The summed E-state index contributed by atoms with van der Waals surface area (Å²) in [6.07, 6.45) is -8.89. The topological polar surface area (TPSA) is 103 Å². The van der Waals surface area contributed by atoms with Gasteiger partial charge >= 0.3 is 24.3 Å². The van der Waals surface area contributed by atoms with Gasteiger partial charge in [-0.3, -0.25) is 9.88 Å². The third kappa shape index (κ3) is 8.81. The molecule has 2 aromatic rings. The molecule has 2 fully saturated rings. The van der Waals surface area contributed by atoms with Gasteiger partial charge in [-0.05, 0) is 32.1 Å². The zero-order valence-corrected chi connectivity index (χ0v) is 20.7. The minimum atomic E-state index is -5.08. The average Bonchev–Trinajstić information content (AvgIpc) is 3.35. The number of halogens is 6. The van der Waals surface area contributed by atoms with Crippen LogP contribution < -0.4 is 0 Å². The maximum absolute atomic E-state index is 10.6. The molecule has 0 aliphatic carbocycles. The number of ether oxygens (including phenoxy) is 1. The SMILES string of the molecule is COC[C@H]1CN(C)C[C@@]12CCN(Cc1ccc3ccccc3n1)C2.O=C(O)C(F)(F)F.O=C(O)C(F)(F)F. The molecule has 2 aliphatic heterocycles. The van der Waals surface area contributed by atoms with Crippen LogP contribution in [0.3, 0.4) is 0 Å². The number of aromatic nitrogens is 1. The molecule has 1 aromatic heterocycles. The van der Waals surface area contributed by atoms with Gasteiger partial charge < -0.3 is 19.8 Å². The van der Waals surface area contributed by atoms with Crippen molar-refractivity contribution in [3.8, 4) is 0 Å². The molecular formula is C24H29F6N3O5. The highest BCUT2D eigenvalue weighted by Gasteiger charge is 2.49. The number of carboxylic acids is 2. The van der Waals surface area contributed by atoms with E-state index in [1.54, 1.807) is 0 Å². The molecule has 3 heterocycles. The number of carboxylic acid groups (broad SMARTS) is 2. The van der Waals surface area contributed by atoms with Gasteiger partial charge in [0.25, 0.3) is 0 Å². The van der Waals surface area contributed by atoms with Crippen molar-refractivity contribution in [3.05, 3.63) is 42.1 Å². The normalized spacial score (nSPS) is 22.1. The molecule has 2 aliphatic rings. The minimum Gasteiger partial charge on any atom is -0.475 e. The Kier molecular flexibility index (Phi) is 10.5. The summed E-state index contributed by atoms with van der Waals surface area (Å²) in [5, 5.41) is 15.5. The van der Waals surface area contributed by atoms with E-state index in [1.807, 2.05) is 7.11 Å². The van der Waals surface area contributed by atoms with Crippen LogP contribution in [0, 0.1) is 11.3 Å². The van der Waals surface area contributed by atoms with Crippen LogP contribution in [0.2, 0.25) is 0 Å². The summed E-state index contributed by atoms with van der Waals surface area (Å²) in [4.78, 5) is 27.7. The lowest BCUT2D eigenvalue weighted by Crippen LogP contribution is -2.36. The molecular weight excluding hydrogens is 524 g/mol. The lowest BCUT2D eigenvalue weighted by molar-refractivity contribution is -0.193. The Morgan fingerprint density at radius 1 is 1.03 bits per heavy atom. The molecule has 2 saturated heterocycles. The van der Waals surface area contributed by atoms with Crippen LogP contribution >= 0.6 is 0 Å². The number of para-hydroxylation sites is 1. The molecule has 2 atom stereocenters. The second-order valence-corrected chi connectivity index (χ2v) is 9.27. The number of hydrogen-bond donors (Lipinski definition) is 2. The summed E-state index contributed by atoms with van der Waals surface area (Å²) >= 11 is 0. The number of pyridine rings is 1. The number of carbonyl (C=O) groups is 2. The maximum atomic E-state index is 10.6. The molecule has 1 spiro atoms. The zero-order chi connectivity index (χ0) is 28.7. The number of nitrogens with zero attached hydrogens (tertiary/aromatic N) is 3. The average molecular weight is 554 g/mol. The van der Waals surface area contributed by atoms with E-state index in [0.29, 0.717) is 11.3 Å². The molecule has 38 heavy (non-hydrogen) atoms. The van der Waals surface area contributed by atoms with E-state index in [2.05, 4.69) is 53.2 Å². The number of methoxy groups -OCH3 is 1. The van der Waals surface area contributed by atoms with Crippen molar-refractivity contribution < 1.29 is 50.9 Å². The fourth-order valence-electron chi connectivity index (χ4n) is 4.74. The van der Waals surface area contributed by atoms with Crippen LogP contribution in [0.5, 0.6) is 0 Å². The van der Waals surface area contributed by atoms with E-state index in [9.17, 15) is 26.3 Å². The second-order valence-electron chi connectivity index (χ2n) is 9.27. The summed E-state index contributed by atoms with van der Waals surface area (Å²) in [5.41, 5.74) is 2.68. The van der Waals surface area contributed by atoms with Gasteiger partial charge in [0.15, 0.2) is 0 Å². The first-order chi connectivity index (χ1) is 17.6. The minimum absolute atomic E-state index is 0.404. The molecule has 1 aromatic carbocycles. The zero-order valence-electron chi connectivity index (χ0n) is 20.7. The highest BCUT2D eigenvalue weighted by atomic mass is 19.4. The summed E-state index contributed by atoms with van der Waals surface area (Å²) in [6, 6.07) is 12.7. The number of alkyl halides is 6. The lowest BCUT2D eigenvalue weighted by atomic mass is 9.78. The van der Waals surface area contributed by atoms with Crippen LogP contribution in [-0.4, -0.2) is 96.2 Å². The monoisotopic (exact) mass is 553 g/mol. The van der Waals surface area contributed by atoms with Crippen LogP contribution in [0.1, 0.15) is 12.1 Å². The first-order valence-corrected chi connectivity index (χ1v) is 11.4. The Morgan fingerprint density at radius 2 is 1.61 bits per heavy atom. The molecule has 4 rings (SSSR count). The molecule has 0 saturated carbocycles. The molecule has 14 heteroatoms. The third-order valence-electron chi connectivity index (χ3n) is 6.34. The van der Waals surface area contributed by atoms with E-state index in [1.165, 1.54) is 37.1 Å². The Morgan fingerprint density at radius 3 is 2.16 bits per heavy atom. The van der Waals surface area contributed by atoms with E-state index < -0.39 is 24.3 Å². The fraction of sp³-hybridized carbons (Fsp3) is 0.542. The first kappa shape index (κ1) is 31.2. The number of aliphatic carboxylic acids is 2. The molecule has 0 bridgehead atoms. The molecule has 0 amide bonds. The quantitative estimate of drug-likeness (QED) is 0.550. The van der Waals surface area contributed by atoms with Crippen LogP contribution in [0.25, 0.3) is 10.9 Å². The predicted molar refractivity (Wildman–Crippen MR) is 124 cm³/mol. The van der Waals surface area contributed by atoms with Crippen LogP contribution in [0.15, 0.2) is 36.4 Å². The van der Waals surface area contributed by atoms with Crippen LogP contribution in [-0.2, 0) is 20.9 Å². The van der Waals surface area contributed by atoms with Crippen molar-refractivity contribution in [3.63, 3.8) is 0 Å². The van der Waals surface area contributed by atoms with Crippen molar-refractivity contribution in [2.45, 2.75) is 25.3 Å². The Bertz CT molecular complexity index is 1070. The van der Waals surface area contributed by atoms with E-state index in [-0.39, 0.29) is 0 Å². The van der Waals surface area contributed by atoms with Gasteiger partial charge in [-0.2, -0.15) is 26.3 Å². The largest absolute Gasteiger partial charge is 0.490 e. The summed E-state index contributed by atoms with van der Waals surface area (Å²) < 4.78 is 69.0. The molecule has 0 unspecified atom stereocenters. The lowest BCUT2D eigenvalue weighted by Gasteiger charge is -2.30. The van der Waals surface area contributed by atoms with Gasteiger partial charge in [-0.1, -0.05) is 24.3 Å². The maximum Gasteiger partial charge on any atom is 0.490 e. The predicted octanol–water partition coefficient (Wildman–Crippen LogP) is 3.90. The smallest absolute Gasteiger partial charge is 0.475 e. The number of likely N-dealkylation sites (tertiary alicyclic amines) is 2. The molecule has 8 nitrogen and oxygen atoms in total. The van der Waals surface area contributed by atoms with E-state index >= 15 is 0 Å². The summed E-state index contributed by atoms with van der Waals surface area (Å²) in [7, 11) is 4.07. The second kappa shape index (κ2) is 12.7. The Labute approximate surface area is 214 Å². The van der Waals surface area contributed by atoms with E-state index in [4.69, 9.17) is 29.5 Å². The van der Waals surface area contributed by atoms with Crippen molar-refractivity contribution in [1.29, 1.82) is 0 Å².